The van der Waals surface area contributed by atoms with Crippen LogP contribution in [-0.4, -0.2) is 15.4 Å². The lowest BCUT2D eigenvalue weighted by molar-refractivity contribution is 0.735. The summed E-state index contributed by atoms with van der Waals surface area (Å²) in [7, 11) is 0. The number of benzene rings is 1. The van der Waals surface area contributed by atoms with Crippen molar-refractivity contribution in [1.29, 1.82) is 0 Å². The molecule has 1 unspecified atom stereocenters. The van der Waals surface area contributed by atoms with Crippen LogP contribution in [0.1, 0.15) is 25.2 Å². The van der Waals surface area contributed by atoms with Gasteiger partial charge < -0.3 is 5.73 Å². The summed E-state index contributed by atoms with van der Waals surface area (Å²) in [5, 5.41) is 0. The third kappa shape index (κ3) is 4.27. The first-order chi connectivity index (χ1) is 9.08. The normalized spacial score (nSPS) is 12.6. The Kier molecular flexibility index (Phi) is 5.38. The summed E-state index contributed by atoms with van der Waals surface area (Å²) < 4.78 is 6.39. The Morgan fingerprint density at radius 2 is 2.26 bits per heavy atom. The molecule has 2 N–H and O–H groups in total. The molecule has 102 valence electrons. The van der Waals surface area contributed by atoms with Crippen molar-refractivity contribution in [3.63, 3.8) is 0 Å². The highest BCUT2D eigenvalue weighted by molar-refractivity contribution is 9.10. The van der Waals surface area contributed by atoms with Gasteiger partial charge in [-0.1, -0.05) is 40.7 Å². The van der Waals surface area contributed by atoms with Crippen molar-refractivity contribution >= 4 is 39.2 Å². The highest BCUT2D eigenvalue weighted by Crippen LogP contribution is 2.32. The average molecular weight is 358 g/mol. The Bertz CT molecular complexity index is 555. The van der Waals surface area contributed by atoms with E-state index in [9.17, 15) is 0 Å². The molecule has 0 aliphatic rings. The molecule has 19 heavy (non-hydrogen) atoms. The van der Waals surface area contributed by atoms with E-state index in [1.54, 1.807) is 11.8 Å². The fourth-order valence-corrected chi connectivity index (χ4v) is 4.03. The molecule has 1 aromatic heterocycles. The molecule has 6 heteroatoms. The van der Waals surface area contributed by atoms with Crippen molar-refractivity contribution in [1.82, 2.24) is 9.36 Å². The number of nitrogens with two attached hydrogens (primary N) is 1. The van der Waals surface area contributed by atoms with Gasteiger partial charge in [-0.15, -0.1) is 0 Å². The first-order valence-corrected chi connectivity index (χ1v) is 8.51. The molecule has 0 spiro atoms. The Hall–Kier alpha value is -0.430. The number of hydrogen-bond acceptors (Lipinski definition) is 5. The van der Waals surface area contributed by atoms with Gasteiger partial charge in [-0.2, -0.15) is 4.37 Å². The van der Waals surface area contributed by atoms with Gasteiger partial charge in [0.15, 0.2) is 4.34 Å². The van der Waals surface area contributed by atoms with Crippen LogP contribution in [0.25, 0.3) is 0 Å². The van der Waals surface area contributed by atoms with Gasteiger partial charge in [0, 0.05) is 21.8 Å². The molecule has 0 saturated carbocycles. The third-order valence-electron chi connectivity index (χ3n) is 2.54. The van der Waals surface area contributed by atoms with E-state index in [1.807, 2.05) is 6.92 Å². The molecule has 0 aliphatic carbocycles. The summed E-state index contributed by atoms with van der Waals surface area (Å²) in [5.41, 5.74) is 7.07. The first-order valence-electron chi connectivity index (χ1n) is 6.13. The van der Waals surface area contributed by atoms with Crippen molar-refractivity contribution in [2.75, 3.05) is 0 Å². The number of rotatable bonds is 5. The first kappa shape index (κ1) is 15.0. The molecule has 2 rings (SSSR count). The number of nitrogens with zero attached hydrogens (tertiary/aromatic N) is 2. The Labute approximate surface area is 130 Å². The largest absolute Gasteiger partial charge is 0.328 e. The third-order valence-corrected chi connectivity index (χ3v) is 5.05. The summed E-state index contributed by atoms with van der Waals surface area (Å²) in [5.74, 6) is 0.917. The molecule has 0 radical (unpaired) electrons. The van der Waals surface area contributed by atoms with E-state index in [-0.39, 0.29) is 6.04 Å². The summed E-state index contributed by atoms with van der Waals surface area (Å²) in [6, 6.07) is 6.53. The van der Waals surface area contributed by atoms with Gasteiger partial charge in [-0.25, -0.2) is 4.98 Å². The van der Waals surface area contributed by atoms with Gasteiger partial charge in [0.2, 0.25) is 0 Å². The van der Waals surface area contributed by atoms with Crippen LogP contribution in [0.2, 0.25) is 0 Å². The van der Waals surface area contributed by atoms with Crippen LogP contribution in [0.15, 0.2) is 31.9 Å². The Balaban J connectivity index is 2.11. The van der Waals surface area contributed by atoms with Gasteiger partial charge >= 0.3 is 0 Å². The molecule has 0 aliphatic heterocycles. The van der Waals surface area contributed by atoms with Crippen LogP contribution in [0, 0.1) is 0 Å². The molecule has 3 nitrogen and oxygen atoms in total. The predicted molar refractivity (Wildman–Crippen MR) is 84.9 cm³/mol. The minimum Gasteiger partial charge on any atom is -0.328 e. The van der Waals surface area contributed by atoms with E-state index in [0.717, 1.165) is 27.5 Å². The summed E-state index contributed by atoms with van der Waals surface area (Å²) in [6.07, 6.45) is 1.76. The molecule has 0 saturated heterocycles. The number of aryl methyl sites for hydroxylation is 1. The van der Waals surface area contributed by atoms with Gasteiger partial charge in [-0.3, -0.25) is 0 Å². The maximum atomic E-state index is 5.83. The van der Waals surface area contributed by atoms with Crippen LogP contribution in [0.4, 0.5) is 0 Å². The van der Waals surface area contributed by atoms with Crippen molar-refractivity contribution in [3.8, 4) is 0 Å². The monoisotopic (exact) mass is 357 g/mol. The van der Waals surface area contributed by atoms with E-state index in [1.165, 1.54) is 22.0 Å². The lowest BCUT2D eigenvalue weighted by Crippen LogP contribution is -2.17. The Morgan fingerprint density at radius 3 is 2.84 bits per heavy atom. The van der Waals surface area contributed by atoms with Crippen molar-refractivity contribution in [2.24, 2.45) is 5.73 Å². The van der Waals surface area contributed by atoms with Gasteiger partial charge in [0.05, 0.1) is 0 Å². The lowest BCUT2D eigenvalue weighted by Gasteiger charge is -2.08. The molecule has 0 fully saturated rings. The minimum absolute atomic E-state index is 0.171. The maximum absolute atomic E-state index is 5.83. The number of hydrogen-bond donors (Lipinski definition) is 1. The number of aromatic nitrogens is 2. The molecule has 1 atom stereocenters. The number of halogens is 1. The zero-order valence-corrected chi connectivity index (χ0v) is 14.1. The van der Waals surface area contributed by atoms with E-state index < -0.39 is 0 Å². The second-order valence-corrected chi connectivity index (χ2v) is 7.29. The molecule has 0 amide bonds. The average Bonchev–Trinajstić information content (AvgIpc) is 2.80. The highest BCUT2D eigenvalue weighted by Gasteiger charge is 2.08. The highest BCUT2D eigenvalue weighted by atomic mass is 79.9. The second-order valence-electron chi connectivity index (χ2n) is 4.37. The summed E-state index contributed by atoms with van der Waals surface area (Å²) >= 11 is 6.71. The molecule has 1 heterocycles. The van der Waals surface area contributed by atoms with Gasteiger partial charge in [0.1, 0.15) is 5.82 Å². The lowest BCUT2D eigenvalue weighted by atomic mass is 10.1. The molecular weight excluding hydrogens is 342 g/mol. The van der Waals surface area contributed by atoms with Crippen LogP contribution in [0.3, 0.4) is 0 Å². The molecule has 1 aromatic carbocycles. The molecular formula is C13H16BrN3S2. The van der Waals surface area contributed by atoms with Crippen LogP contribution >= 0.6 is 39.2 Å². The minimum atomic E-state index is 0.171. The van der Waals surface area contributed by atoms with E-state index in [0.29, 0.717) is 0 Å². The SMILES string of the molecule is CCc1nsc(Sc2ccc(CC(C)N)c(Br)c2)n1. The molecule has 2 aromatic rings. The van der Waals surface area contributed by atoms with Crippen LogP contribution in [-0.2, 0) is 12.8 Å². The van der Waals surface area contributed by atoms with Gasteiger partial charge in [-0.05, 0) is 42.6 Å². The quantitative estimate of drug-likeness (QED) is 0.881. The van der Waals surface area contributed by atoms with E-state index >= 15 is 0 Å². The fourth-order valence-electron chi connectivity index (χ4n) is 1.63. The predicted octanol–water partition coefficient (Wildman–Crippen LogP) is 3.90. The fraction of sp³-hybridized carbons (Fsp3) is 0.385. The summed E-state index contributed by atoms with van der Waals surface area (Å²) in [4.78, 5) is 5.63. The van der Waals surface area contributed by atoms with Crippen molar-refractivity contribution in [3.05, 3.63) is 34.1 Å². The van der Waals surface area contributed by atoms with Gasteiger partial charge in [0.25, 0.3) is 0 Å². The molecule has 0 bridgehead atoms. The zero-order valence-electron chi connectivity index (χ0n) is 10.9. The Morgan fingerprint density at radius 1 is 1.47 bits per heavy atom. The van der Waals surface area contributed by atoms with E-state index in [4.69, 9.17) is 5.73 Å². The zero-order chi connectivity index (χ0) is 13.8. The smallest absolute Gasteiger partial charge is 0.174 e. The van der Waals surface area contributed by atoms with Crippen LogP contribution < -0.4 is 5.73 Å². The van der Waals surface area contributed by atoms with Crippen molar-refractivity contribution in [2.45, 2.75) is 42.0 Å². The summed E-state index contributed by atoms with van der Waals surface area (Å²) in [6.45, 7) is 4.08. The van der Waals surface area contributed by atoms with E-state index in [2.05, 4.69) is 50.4 Å². The van der Waals surface area contributed by atoms with Crippen molar-refractivity contribution < 1.29 is 0 Å². The van der Waals surface area contributed by atoms with Crippen LogP contribution in [0.5, 0.6) is 0 Å². The standard InChI is InChI=1S/C13H16BrN3S2/c1-3-12-16-13(19-17-12)18-10-5-4-9(6-8(2)15)11(14)7-10/h4-5,7-8H,3,6,15H2,1-2H3. The second kappa shape index (κ2) is 6.83. The maximum Gasteiger partial charge on any atom is 0.174 e. The topological polar surface area (TPSA) is 51.8 Å².